The summed E-state index contributed by atoms with van der Waals surface area (Å²) in [5, 5.41) is 3.68. The minimum Gasteiger partial charge on any atom is -0.381 e. The average molecular weight is 311 g/mol. The molecule has 1 N–H and O–H groups in total. The Morgan fingerprint density at radius 1 is 1.43 bits per heavy atom. The Bertz CT molecular complexity index is 415. The molecule has 3 rings (SSSR count). The second kappa shape index (κ2) is 7.13. The van der Waals surface area contributed by atoms with E-state index in [-0.39, 0.29) is 5.60 Å². The van der Waals surface area contributed by atoms with E-state index in [1.165, 1.54) is 11.7 Å². The standard InChI is InChI=1S/C15H25N3O2S/c1-2-6-16-14(13-11-17-21-18-13)12-3-7-20-15(10-12)4-8-19-9-5-15/h11-12,14,16H,2-10H2,1H3. The first-order chi connectivity index (χ1) is 10.3. The van der Waals surface area contributed by atoms with Crippen LogP contribution < -0.4 is 5.32 Å². The number of aromatic nitrogens is 2. The van der Waals surface area contributed by atoms with Crippen molar-refractivity contribution in [2.24, 2.45) is 5.92 Å². The van der Waals surface area contributed by atoms with E-state index in [0.717, 1.165) is 64.2 Å². The molecule has 0 aromatic carbocycles. The maximum absolute atomic E-state index is 6.17. The van der Waals surface area contributed by atoms with Crippen LogP contribution in [0.15, 0.2) is 6.20 Å². The van der Waals surface area contributed by atoms with Gasteiger partial charge in [-0.1, -0.05) is 6.92 Å². The Morgan fingerprint density at radius 2 is 2.29 bits per heavy atom. The van der Waals surface area contributed by atoms with E-state index in [0.29, 0.717) is 12.0 Å². The van der Waals surface area contributed by atoms with Gasteiger partial charge in [-0.3, -0.25) is 0 Å². The van der Waals surface area contributed by atoms with Crippen molar-refractivity contribution in [1.29, 1.82) is 0 Å². The first-order valence-corrected chi connectivity index (χ1v) is 8.78. The molecule has 0 radical (unpaired) electrons. The lowest BCUT2D eigenvalue weighted by Crippen LogP contribution is -2.47. The molecule has 118 valence electrons. The highest BCUT2D eigenvalue weighted by atomic mass is 32.1. The molecule has 1 aromatic heterocycles. The second-order valence-electron chi connectivity index (χ2n) is 6.16. The van der Waals surface area contributed by atoms with Gasteiger partial charge in [0.05, 0.1) is 35.3 Å². The number of hydrogen-bond donors (Lipinski definition) is 1. The normalized spacial score (nSPS) is 26.8. The fourth-order valence-corrected chi connectivity index (χ4v) is 4.02. The Morgan fingerprint density at radius 3 is 3.00 bits per heavy atom. The molecule has 3 heterocycles. The first-order valence-electron chi connectivity index (χ1n) is 8.05. The predicted molar refractivity (Wildman–Crippen MR) is 82.4 cm³/mol. The minimum atomic E-state index is 0.0385. The molecule has 2 fully saturated rings. The zero-order chi connectivity index (χ0) is 14.5. The topological polar surface area (TPSA) is 56.3 Å². The van der Waals surface area contributed by atoms with Gasteiger partial charge in [0.2, 0.25) is 0 Å². The summed E-state index contributed by atoms with van der Waals surface area (Å²) in [4.78, 5) is 0. The number of nitrogens with zero attached hydrogens (tertiary/aromatic N) is 2. The quantitative estimate of drug-likeness (QED) is 0.905. The van der Waals surface area contributed by atoms with Crippen LogP contribution in [-0.2, 0) is 9.47 Å². The summed E-state index contributed by atoms with van der Waals surface area (Å²) in [5.74, 6) is 0.576. The number of rotatable bonds is 5. The van der Waals surface area contributed by atoms with Crippen molar-refractivity contribution < 1.29 is 9.47 Å². The molecule has 0 bridgehead atoms. The molecule has 21 heavy (non-hydrogen) atoms. The molecule has 2 aliphatic rings. The fraction of sp³-hybridized carbons (Fsp3) is 0.867. The molecule has 2 saturated heterocycles. The van der Waals surface area contributed by atoms with E-state index in [2.05, 4.69) is 21.0 Å². The van der Waals surface area contributed by atoms with Crippen LogP contribution in [0.3, 0.4) is 0 Å². The average Bonchev–Trinajstić information content (AvgIpc) is 3.03. The molecule has 1 spiro atoms. The van der Waals surface area contributed by atoms with Crippen molar-refractivity contribution in [2.75, 3.05) is 26.4 Å². The van der Waals surface area contributed by atoms with Crippen molar-refractivity contribution in [3.8, 4) is 0 Å². The third kappa shape index (κ3) is 3.62. The van der Waals surface area contributed by atoms with Crippen molar-refractivity contribution >= 4 is 11.7 Å². The van der Waals surface area contributed by atoms with Crippen LogP contribution in [0.4, 0.5) is 0 Å². The predicted octanol–water partition coefficient (Wildman–Crippen LogP) is 2.55. The smallest absolute Gasteiger partial charge is 0.0915 e. The van der Waals surface area contributed by atoms with Gasteiger partial charge < -0.3 is 14.8 Å². The molecule has 0 saturated carbocycles. The van der Waals surface area contributed by atoms with Crippen LogP contribution in [0.2, 0.25) is 0 Å². The van der Waals surface area contributed by atoms with Crippen molar-refractivity contribution in [2.45, 2.75) is 50.7 Å². The van der Waals surface area contributed by atoms with E-state index >= 15 is 0 Å². The molecule has 2 atom stereocenters. The summed E-state index contributed by atoms with van der Waals surface area (Å²) in [6, 6.07) is 0.312. The van der Waals surface area contributed by atoms with E-state index in [1.807, 2.05) is 6.20 Å². The Kier molecular flexibility index (Phi) is 5.21. The molecule has 5 nitrogen and oxygen atoms in total. The van der Waals surface area contributed by atoms with Crippen LogP contribution in [0.1, 0.15) is 50.8 Å². The van der Waals surface area contributed by atoms with Crippen LogP contribution in [0.25, 0.3) is 0 Å². The van der Waals surface area contributed by atoms with E-state index < -0.39 is 0 Å². The van der Waals surface area contributed by atoms with E-state index in [9.17, 15) is 0 Å². The Labute approximate surface area is 130 Å². The summed E-state index contributed by atoms with van der Waals surface area (Å²) in [6.45, 7) is 5.74. The lowest BCUT2D eigenvalue weighted by Gasteiger charge is -2.45. The summed E-state index contributed by atoms with van der Waals surface area (Å²) < 4.78 is 20.4. The van der Waals surface area contributed by atoms with Gasteiger partial charge in [-0.05, 0) is 44.6 Å². The van der Waals surface area contributed by atoms with Gasteiger partial charge in [-0.25, -0.2) is 0 Å². The van der Waals surface area contributed by atoms with Crippen LogP contribution in [0, 0.1) is 5.92 Å². The molecule has 2 aliphatic heterocycles. The molecular weight excluding hydrogens is 286 g/mol. The number of nitrogens with one attached hydrogen (secondary N) is 1. The molecule has 1 aromatic rings. The van der Waals surface area contributed by atoms with Crippen molar-refractivity contribution in [3.05, 3.63) is 11.9 Å². The highest BCUT2D eigenvalue weighted by Gasteiger charge is 2.41. The largest absolute Gasteiger partial charge is 0.381 e. The van der Waals surface area contributed by atoms with E-state index in [4.69, 9.17) is 9.47 Å². The minimum absolute atomic E-state index is 0.0385. The van der Waals surface area contributed by atoms with Gasteiger partial charge >= 0.3 is 0 Å². The van der Waals surface area contributed by atoms with Gasteiger partial charge in [0.25, 0.3) is 0 Å². The first kappa shape index (κ1) is 15.3. The van der Waals surface area contributed by atoms with Gasteiger partial charge in [-0.2, -0.15) is 8.75 Å². The van der Waals surface area contributed by atoms with E-state index in [1.54, 1.807) is 0 Å². The van der Waals surface area contributed by atoms with Crippen LogP contribution in [0.5, 0.6) is 0 Å². The highest BCUT2D eigenvalue weighted by Crippen LogP contribution is 2.41. The van der Waals surface area contributed by atoms with Crippen molar-refractivity contribution in [1.82, 2.24) is 14.1 Å². The van der Waals surface area contributed by atoms with Crippen molar-refractivity contribution in [3.63, 3.8) is 0 Å². The lowest BCUT2D eigenvalue weighted by atomic mass is 9.77. The molecule has 0 aliphatic carbocycles. The van der Waals surface area contributed by atoms with Crippen LogP contribution >= 0.6 is 11.7 Å². The third-order valence-electron chi connectivity index (χ3n) is 4.72. The number of hydrogen-bond acceptors (Lipinski definition) is 6. The summed E-state index contributed by atoms with van der Waals surface area (Å²) >= 11 is 1.30. The Hall–Kier alpha value is -0.560. The monoisotopic (exact) mass is 311 g/mol. The van der Waals surface area contributed by atoms with Gasteiger partial charge in [0, 0.05) is 19.8 Å². The second-order valence-corrected chi connectivity index (χ2v) is 6.72. The lowest BCUT2D eigenvalue weighted by molar-refractivity contribution is -0.150. The molecule has 6 heteroatoms. The van der Waals surface area contributed by atoms with Crippen LogP contribution in [-0.4, -0.2) is 40.7 Å². The molecular formula is C15H25N3O2S. The third-order valence-corrected chi connectivity index (χ3v) is 5.21. The number of ether oxygens (including phenoxy) is 2. The SMILES string of the molecule is CCCNC(c1cnsn1)C1CCOC2(CCOCC2)C1. The summed E-state index contributed by atoms with van der Waals surface area (Å²) in [7, 11) is 0. The van der Waals surface area contributed by atoms with Gasteiger partial charge in [0.15, 0.2) is 0 Å². The maximum atomic E-state index is 6.17. The molecule has 0 amide bonds. The van der Waals surface area contributed by atoms with Gasteiger partial charge in [-0.15, -0.1) is 0 Å². The fourth-order valence-electron chi connectivity index (χ4n) is 3.56. The maximum Gasteiger partial charge on any atom is 0.0915 e. The zero-order valence-electron chi connectivity index (χ0n) is 12.7. The Balaban J connectivity index is 1.72. The van der Waals surface area contributed by atoms with Gasteiger partial charge in [0.1, 0.15) is 0 Å². The summed E-state index contributed by atoms with van der Waals surface area (Å²) in [5.41, 5.74) is 1.14. The highest BCUT2D eigenvalue weighted by molar-refractivity contribution is 6.99. The molecule has 2 unspecified atom stereocenters. The summed E-state index contributed by atoms with van der Waals surface area (Å²) in [6.07, 6.45) is 7.32. The zero-order valence-corrected chi connectivity index (χ0v) is 13.5.